The highest BCUT2D eigenvalue weighted by Gasteiger charge is 2.35. The summed E-state index contributed by atoms with van der Waals surface area (Å²) in [7, 11) is 0. The van der Waals surface area contributed by atoms with Gasteiger partial charge < -0.3 is 20.1 Å². The highest BCUT2D eigenvalue weighted by Crippen LogP contribution is 2.31. The fraction of sp³-hybridized carbons (Fsp3) is 0.556. The predicted octanol–water partition coefficient (Wildman–Crippen LogP) is 2.33. The van der Waals surface area contributed by atoms with E-state index in [1.165, 1.54) is 0 Å². The second-order valence-corrected chi connectivity index (χ2v) is 6.96. The average Bonchev–Trinajstić information content (AvgIpc) is 2.53. The van der Waals surface area contributed by atoms with Crippen molar-refractivity contribution in [3.8, 4) is 0 Å². The van der Waals surface area contributed by atoms with Gasteiger partial charge in [0.05, 0.1) is 5.54 Å². The largest absolute Gasteiger partial charge is 0.444 e. The zero-order valence-corrected chi connectivity index (χ0v) is 14.6. The van der Waals surface area contributed by atoms with E-state index in [2.05, 4.69) is 10.6 Å². The number of nitrogens with one attached hydrogen (secondary N) is 2. The molecule has 0 radical (unpaired) electrons. The standard InChI is InChI=1S/C18H26N2O4/c1-17(2,3)24-16(22)19-13-15(21)20-18(9-11-23-12-10-18)14-7-5-4-6-8-14/h4-8H,9-13H2,1-3H3,(H,19,22)(H,20,21). The Bertz CT molecular complexity index is 560. The van der Waals surface area contributed by atoms with Crippen LogP contribution in [0.4, 0.5) is 4.79 Å². The fourth-order valence-corrected chi connectivity index (χ4v) is 2.74. The summed E-state index contributed by atoms with van der Waals surface area (Å²) >= 11 is 0. The van der Waals surface area contributed by atoms with Gasteiger partial charge >= 0.3 is 6.09 Å². The Hall–Kier alpha value is -2.08. The zero-order chi connectivity index (χ0) is 17.6. The van der Waals surface area contributed by atoms with E-state index in [1.54, 1.807) is 20.8 Å². The summed E-state index contributed by atoms with van der Waals surface area (Å²) in [5.41, 5.74) is 0.0116. The SMILES string of the molecule is CC(C)(C)OC(=O)NCC(=O)NC1(c2ccccc2)CCOCC1. The van der Waals surface area contributed by atoms with E-state index < -0.39 is 17.2 Å². The predicted molar refractivity (Wildman–Crippen MR) is 90.6 cm³/mol. The molecule has 1 aromatic rings. The molecule has 132 valence electrons. The monoisotopic (exact) mass is 334 g/mol. The summed E-state index contributed by atoms with van der Waals surface area (Å²) in [6.45, 7) is 6.39. The lowest BCUT2D eigenvalue weighted by atomic mass is 9.82. The first-order valence-corrected chi connectivity index (χ1v) is 8.22. The first kappa shape index (κ1) is 18.3. The summed E-state index contributed by atoms with van der Waals surface area (Å²) in [6.07, 6.45) is 0.808. The first-order valence-electron chi connectivity index (χ1n) is 8.22. The Kier molecular flexibility index (Phi) is 5.83. The summed E-state index contributed by atoms with van der Waals surface area (Å²) < 4.78 is 10.6. The van der Waals surface area contributed by atoms with Crippen LogP contribution in [0.3, 0.4) is 0 Å². The Morgan fingerprint density at radius 2 is 1.79 bits per heavy atom. The Morgan fingerprint density at radius 1 is 1.17 bits per heavy atom. The molecule has 2 N–H and O–H groups in total. The number of hydrogen-bond acceptors (Lipinski definition) is 4. The van der Waals surface area contributed by atoms with E-state index >= 15 is 0 Å². The number of ether oxygens (including phenoxy) is 2. The van der Waals surface area contributed by atoms with Crippen LogP contribution in [0.2, 0.25) is 0 Å². The van der Waals surface area contributed by atoms with Gasteiger partial charge in [0.25, 0.3) is 0 Å². The van der Waals surface area contributed by atoms with Crippen LogP contribution < -0.4 is 10.6 Å². The van der Waals surface area contributed by atoms with Gasteiger partial charge in [-0.25, -0.2) is 4.79 Å². The van der Waals surface area contributed by atoms with Crippen molar-refractivity contribution in [1.82, 2.24) is 10.6 Å². The van der Waals surface area contributed by atoms with Crippen LogP contribution >= 0.6 is 0 Å². The molecule has 6 heteroatoms. The van der Waals surface area contributed by atoms with E-state index in [4.69, 9.17) is 9.47 Å². The number of alkyl carbamates (subject to hydrolysis) is 1. The lowest BCUT2D eigenvalue weighted by Gasteiger charge is -2.38. The van der Waals surface area contributed by atoms with Gasteiger partial charge in [0.1, 0.15) is 12.1 Å². The van der Waals surface area contributed by atoms with Crippen LogP contribution in [0.1, 0.15) is 39.2 Å². The number of amides is 2. The molecule has 0 saturated carbocycles. The van der Waals surface area contributed by atoms with E-state index in [-0.39, 0.29) is 12.5 Å². The number of rotatable bonds is 4. The Labute approximate surface area is 142 Å². The molecule has 2 amide bonds. The van der Waals surface area contributed by atoms with Gasteiger partial charge in [-0.2, -0.15) is 0 Å². The van der Waals surface area contributed by atoms with Crippen molar-refractivity contribution in [1.29, 1.82) is 0 Å². The number of benzene rings is 1. The summed E-state index contributed by atoms with van der Waals surface area (Å²) in [4.78, 5) is 24.0. The molecule has 1 aliphatic heterocycles. The van der Waals surface area contributed by atoms with Crippen molar-refractivity contribution in [2.24, 2.45) is 0 Å². The molecule has 0 aromatic heterocycles. The average molecular weight is 334 g/mol. The highest BCUT2D eigenvalue weighted by molar-refractivity contribution is 5.83. The van der Waals surface area contributed by atoms with Gasteiger partial charge in [-0.15, -0.1) is 0 Å². The minimum atomic E-state index is -0.599. The molecule has 24 heavy (non-hydrogen) atoms. The van der Waals surface area contributed by atoms with Crippen LogP contribution in [0.5, 0.6) is 0 Å². The van der Waals surface area contributed by atoms with Crippen molar-refractivity contribution in [2.75, 3.05) is 19.8 Å². The number of carbonyl (C=O) groups is 2. The minimum Gasteiger partial charge on any atom is -0.444 e. The third kappa shape index (κ3) is 5.23. The topological polar surface area (TPSA) is 76.7 Å². The van der Waals surface area contributed by atoms with Crippen molar-refractivity contribution in [3.05, 3.63) is 35.9 Å². The molecule has 0 bridgehead atoms. The third-order valence-electron chi connectivity index (χ3n) is 3.84. The molecule has 1 aromatic carbocycles. The number of hydrogen-bond donors (Lipinski definition) is 2. The van der Waals surface area contributed by atoms with E-state index in [1.807, 2.05) is 30.3 Å². The fourth-order valence-electron chi connectivity index (χ4n) is 2.74. The second kappa shape index (κ2) is 7.66. The molecule has 0 atom stereocenters. The van der Waals surface area contributed by atoms with Crippen molar-refractivity contribution in [3.63, 3.8) is 0 Å². The van der Waals surface area contributed by atoms with Crippen LogP contribution in [-0.2, 0) is 19.8 Å². The second-order valence-electron chi connectivity index (χ2n) is 6.96. The summed E-state index contributed by atoms with van der Waals surface area (Å²) in [5.74, 6) is -0.244. The molecule has 0 spiro atoms. The summed E-state index contributed by atoms with van der Waals surface area (Å²) in [6, 6.07) is 9.87. The zero-order valence-electron chi connectivity index (χ0n) is 14.6. The molecule has 1 fully saturated rings. The van der Waals surface area contributed by atoms with Gasteiger partial charge in [-0.1, -0.05) is 30.3 Å². The van der Waals surface area contributed by atoms with E-state index in [0.29, 0.717) is 26.1 Å². The lowest BCUT2D eigenvalue weighted by Crippen LogP contribution is -2.52. The molecule has 1 saturated heterocycles. The highest BCUT2D eigenvalue weighted by atomic mass is 16.6. The van der Waals surface area contributed by atoms with Crippen molar-refractivity contribution >= 4 is 12.0 Å². The van der Waals surface area contributed by atoms with Crippen molar-refractivity contribution < 1.29 is 19.1 Å². The molecular formula is C18H26N2O4. The van der Waals surface area contributed by atoms with Crippen LogP contribution in [0.25, 0.3) is 0 Å². The van der Waals surface area contributed by atoms with Crippen LogP contribution in [0.15, 0.2) is 30.3 Å². The van der Waals surface area contributed by atoms with Gasteiger partial charge in [-0.3, -0.25) is 4.79 Å². The molecular weight excluding hydrogens is 308 g/mol. The van der Waals surface area contributed by atoms with Gasteiger partial charge in [0.2, 0.25) is 5.91 Å². The van der Waals surface area contributed by atoms with Crippen LogP contribution in [-0.4, -0.2) is 37.4 Å². The van der Waals surface area contributed by atoms with Gasteiger partial charge in [-0.05, 0) is 39.2 Å². The van der Waals surface area contributed by atoms with E-state index in [9.17, 15) is 9.59 Å². The molecule has 0 aliphatic carbocycles. The van der Waals surface area contributed by atoms with Crippen molar-refractivity contribution in [2.45, 2.75) is 44.8 Å². The molecule has 2 rings (SSSR count). The lowest BCUT2D eigenvalue weighted by molar-refractivity contribution is -0.123. The van der Waals surface area contributed by atoms with Gasteiger partial charge in [0.15, 0.2) is 0 Å². The first-order chi connectivity index (χ1) is 11.3. The van der Waals surface area contributed by atoms with Crippen LogP contribution in [0, 0.1) is 0 Å². The van der Waals surface area contributed by atoms with E-state index in [0.717, 1.165) is 5.56 Å². The number of carbonyl (C=O) groups excluding carboxylic acids is 2. The Balaban J connectivity index is 1.97. The molecule has 1 aliphatic rings. The molecule has 0 unspecified atom stereocenters. The third-order valence-corrected chi connectivity index (χ3v) is 3.84. The minimum absolute atomic E-state index is 0.121. The maximum atomic E-state index is 12.3. The molecule has 1 heterocycles. The quantitative estimate of drug-likeness (QED) is 0.886. The summed E-state index contributed by atoms with van der Waals surface area (Å²) in [5, 5.41) is 5.57. The smallest absolute Gasteiger partial charge is 0.408 e. The maximum absolute atomic E-state index is 12.3. The maximum Gasteiger partial charge on any atom is 0.408 e. The molecule has 6 nitrogen and oxygen atoms in total. The Morgan fingerprint density at radius 3 is 2.38 bits per heavy atom. The normalized spacial score (nSPS) is 17.0. The van der Waals surface area contributed by atoms with Gasteiger partial charge in [0, 0.05) is 13.2 Å².